The molecule has 2 N–H and O–H groups in total. The standard InChI is InChI=1S/C15H26N4O.ClH/c1-11-13(10-18-19(11)15(2,3)4)14(20)17-9-12-6-5-7-16-8-12;/h10,12,16H,5-9H2,1-4H3,(H,17,20);1H. The summed E-state index contributed by atoms with van der Waals surface area (Å²) in [6.07, 6.45) is 4.06. The average molecular weight is 315 g/mol. The van der Waals surface area contributed by atoms with Gasteiger partial charge in [0, 0.05) is 12.2 Å². The first-order valence-corrected chi connectivity index (χ1v) is 7.43. The molecule has 0 bridgehead atoms. The third-order valence-corrected chi connectivity index (χ3v) is 3.84. The number of amides is 1. The molecule has 1 aromatic heterocycles. The molecular weight excluding hydrogens is 288 g/mol. The molecule has 2 rings (SSSR count). The predicted molar refractivity (Wildman–Crippen MR) is 87.1 cm³/mol. The summed E-state index contributed by atoms with van der Waals surface area (Å²) in [6.45, 7) is 11.1. The number of piperidine rings is 1. The number of hydrogen-bond acceptors (Lipinski definition) is 3. The van der Waals surface area contributed by atoms with E-state index in [1.807, 2.05) is 11.6 Å². The van der Waals surface area contributed by atoms with Gasteiger partial charge in [0.05, 0.1) is 17.3 Å². The zero-order valence-corrected chi connectivity index (χ0v) is 14.2. The summed E-state index contributed by atoms with van der Waals surface area (Å²) >= 11 is 0. The summed E-state index contributed by atoms with van der Waals surface area (Å²) in [5.74, 6) is 0.536. The Morgan fingerprint density at radius 1 is 1.52 bits per heavy atom. The summed E-state index contributed by atoms with van der Waals surface area (Å²) < 4.78 is 1.91. The maximum absolute atomic E-state index is 12.3. The van der Waals surface area contributed by atoms with Gasteiger partial charge in [0.15, 0.2) is 0 Å². The van der Waals surface area contributed by atoms with Gasteiger partial charge in [-0.3, -0.25) is 9.48 Å². The van der Waals surface area contributed by atoms with Crippen molar-refractivity contribution < 1.29 is 4.79 Å². The fourth-order valence-electron chi connectivity index (χ4n) is 2.74. The molecule has 1 amide bonds. The lowest BCUT2D eigenvalue weighted by Gasteiger charge is -2.23. The Hall–Kier alpha value is -1.07. The fourth-order valence-corrected chi connectivity index (χ4v) is 2.74. The Bertz CT molecular complexity index is 473. The minimum atomic E-state index is -0.101. The summed E-state index contributed by atoms with van der Waals surface area (Å²) in [5, 5.41) is 10.8. The quantitative estimate of drug-likeness (QED) is 0.898. The van der Waals surface area contributed by atoms with E-state index < -0.39 is 0 Å². The van der Waals surface area contributed by atoms with Gasteiger partial charge in [-0.1, -0.05) is 0 Å². The molecule has 2 heterocycles. The van der Waals surface area contributed by atoms with Crippen molar-refractivity contribution in [1.82, 2.24) is 20.4 Å². The average Bonchev–Trinajstić information content (AvgIpc) is 2.79. The summed E-state index contributed by atoms with van der Waals surface area (Å²) in [4.78, 5) is 12.3. The van der Waals surface area contributed by atoms with Crippen molar-refractivity contribution in [2.24, 2.45) is 5.92 Å². The van der Waals surface area contributed by atoms with Crippen molar-refractivity contribution in [2.75, 3.05) is 19.6 Å². The van der Waals surface area contributed by atoms with Crippen molar-refractivity contribution in [1.29, 1.82) is 0 Å². The number of hydrogen-bond donors (Lipinski definition) is 2. The van der Waals surface area contributed by atoms with Gasteiger partial charge < -0.3 is 10.6 Å². The molecular formula is C15H27ClN4O. The third-order valence-electron chi connectivity index (χ3n) is 3.84. The van der Waals surface area contributed by atoms with Crippen LogP contribution in [0.15, 0.2) is 6.20 Å². The van der Waals surface area contributed by atoms with Crippen molar-refractivity contribution in [3.63, 3.8) is 0 Å². The first-order valence-electron chi connectivity index (χ1n) is 7.43. The van der Waals surface area contributed by atoms with Gasteiger partial charge in [-0.05, 0) is 59.5 Å². The van der Waals surface area contributed by atoms with Crippen LogP contribution in [0.5, 0.6) is 0 Å². The first-order chi connectivity index (χ1) is 9.39. The molecule has 1 fully saturated rings. The summed E-state index contributed by atoms with van der Waals surface area (Å²) in [7, 11) is 0. The van der Waals surface area contributed by atoms with E-state index >= 15 is 0 Å². The zero-order chi connectivity index (χ0) is 14.8. The van der Waals surface area contributed by atoms with E-state index in [1.165, 1.54) is 12.8 Å². The number of carbonyl (C=O) groups excluding carboxylic acids is 1. The monoisotopic (exact) mass is 314 g/mol. The number of carbonyl (C=O) groups is 1. The van der Waals surface area contributed by atoms with E-state index in [2.05, 4.69) is 36.5 Å². The lowest BCUT2D eigenvalue weighted by atomic mass is 10.00. The predicted octanol–water partition coefficient (Wildman–Crippen LogP) is 2.10. The highest BCUT2D eigenvalue weighted by molar-refractivity contribution is 5.95. The Balaban J connectivity index is 0.00000220. The summed E-state index contributed by atoms with van der Waals surface area (Å²) in [6, 6.07) is 0. The van der Waals surface area contributed by atoms with Crippen LogP contribution in [0.3, 0.4) is 0 Å². The molecule has 21 heavy (non-hydrogen) atoms. The maximum atomic E-state index is 12.3. The number of halogens is 1. The van der Waals surface area contributed by atoms with Gasteiger partial charge in [-0.2, -0.15) is 5.10 Å². The van der Waals surface area contributed by atoms with Gasteiger partial charge in [0.1, 0.15) is 0 Å². The van der Waals surface area contributed by atoms with E-state index in [9.17, 15) is 4.79 Å². The molecule has 0 radical (unpaired) electrons. The minimum absolute atomic E-state index is 0. The van der Waals surface area contributed by atoms with Crippen LogP contribution in [0, 0.1) is 12.8 Å². The molecule has 120 valence electrons. The molecule has 1 aliphatic rings. The van der Waals surface area contributed by atoms with Crippen LogP contribution in [0.2, 0.25) is 0 Å². The number of nitrogens with zero attached hydrogens (tertiary/aromatic N) is 2. The van der Waals surface area contributed by atoms with Gasteiger partial charge in [-0.25, -0.2) is 0 Å². The summed E-state index contributed by atoms with van der Waals surface area (Å²) in [5.41, 5.74) is 1.51. The SMILES string of the molecule is Cc1c(C(=O)NCC2CCCNC2)cnn1C(C)(C)C.Cl. The molecule has 6 heteroatoms. The molecule has 0 aromatic carbocycles. The van der Waals surface area contributed by atoms with Crippen LogP contribution >= 0.6 is 12.4 Å². The molecule has 1 unspecified atom stereocenters. The largest absolute Gasteiger partial charge is 0.352 e. The Morgan fingerprint density at radius 2 is 2.24 bits per heavy atom. The molecule has 5 nitrogen and oxygen atoms in total. The highest BCUT2D eigenvalue weighted by Gasteiger charge is 2.22. The second kappa shape index (κ2) is 7.27. The molecule has 1 saturated heterocycles. The van der Waals surface area contributed by atoms with Crippen LogP contribution < -0.4 is 10.6 Å². The van der Waals surface area contributed by atoms with E-state index in [0.29, 0.717) is 11.5 Å². The van der Waals surface area contributed by atoms with Crippen LogP contribution in [-0.4, -0.2) is 35.3 Å². The highest BCUT2D eigenvalue weighted by Crippen LogP contribution is 2.18. The first kappa shape index (κ1) is 18.0. The Morgan fingerprint density at radius 3 is 2.76 bits per heavy atom. The minimum Gasteiger partial charge on any atom is -0.352 e. The van der Waals surface area contributed by atoms with Crippen LogP contribution in [0.25, 0.3) is 0 Å². The smallest absolute Gasteiger partial charge is 0.254 e. The van der Waals surface area contributed by atoms with Crippen molar-refractivity contribution >= 4 is 18.3 Å². The molecule has 1 aromatic rings. The Kier molecular flexibility index (Phi) is 6.23. The normalized spacial score (nSPS) is 19.0. The molecule has 1 atom stereocenters. The topological polar surface area (TPSA) is 59.0 Å². The lowest BCUT2D eigenvalue weighted by molar-refractivity contribution is 0.0944. The number of rotatable bonds is 3. The van der Waals surface area contributed by atoms with E-state index in [4.69, 9.17) is 0 Å². The van der Waals surface area contributed by atoms with Crippen LogP contribution in [0.1, 0.15) is 49.7 Å². The second-order valence-electron chi connectivity index (χ2n) is 6.65. The van der Waals surface area contributed by atoms with Crippen LogP contribution in [-0.2, 0) is 5.54 Å². The van der Waals surface area contributed by atoms with Crippen molar-refractivity contribution in [3.8, 4) is 0 Å². The molecule has 0 aliphatic carbocycles. The van der Waals surface area contributed by atoms with Gasteiger partial charge in [0.25, 0.3) is 5.91 Å². The van der Waals surface area contributed by atoms with Gasteiger partial charge in [0.2, 0.25) is 0 Å². The van der Waals surface area contributed by atoms with Crippen LogP contribution in [0.4, 0.5) is 0 Å². The van der Waals surface area contributed by atoms with Gasteiger partial charge in [-0.15, -0.1) is 12.4 Å². The third kappa shape index (κ3) is 4.45. The zero-order valence-electron chi connectivity index (χ0n) is 13.4. The molecule has 1 aliphatic heterocycles. The number of aromatic nitrogens is 2. The highest BCUT2D eigenvalue weighted by atomic mass is 35.5. The lowest BCUT2D eigenvalue weighted by Crippen LogP contribution is -2.38. The Labute approximate surface area is 133 Å². The fraction of sp³-hybridized carbons (Fsp3) is 0.733. The van der Waals surface area contributed by atoms with Crippen molar-refractivity contribution in [3.05, 3.63) is 17.5 Å². The molecule has 0 saturated carbocycles. The van der Waals surface area contributed by atoms with E-state index in [-0.39, 0.29) is 23.9 Å². The van der Waals surface area contributed by atoms with E-state index in [0.717, 1.165) is 25.3 Å². The number of nitrogens with one attached hydrogen (secondary N) is 2. The van der Waals surface area contributed by atoms with Crippen molar-refractivity contribution in [2.45, 2.75) is 46.1 Å². The van der Waals surface area contributed by atoms with E-state index in [1.54, 1.807) is 6.20 Å². The van der Waals surface area contributed by atoms with Gasteiger partial charge >= 0.3 is 0 Å². The maximum Gasteiger partial charge on any atom is 0.254 e. The second-order valence-corrected chi connectivity index (χ2v) is 6.65. The molecule has 0 spiro atoms.